The van der Waals surface area contributed by atoms with Gasteiger partial charge in [-0.25, -0.2) is 18.1 Å². The summed E-state index contributed by atoms with van der Waals surface area (Å²) >= 11 is 1.41. The van der Waals surface area contributed by atoms with Crippen LogP contribution in [0.15, 0.2) is 16.6 Å². The highest BCUT2D eigenvalue weighted by molar-refractivity contribution is 7.89. The molecular weight excluding hydrogens is 308 g/mol. The minimum Gasteiger partial charge on any atom is -0.371 e. The highest BCUT2D eigenvalue weighted by Gasteiger charge is 2.26. The van der Waals surface area contributed by atoms with Gasteiger partial charge in [-0.05, 0) is 13.3 Å². The summed E-state index contributed by atoms with van der Waals surface area (Å²) < 4.78 is 29.6. The molecule has 2 N–H and O–H groups in total. The maximum Gasteiger partial charge on any atom is 0.260 e. The van der Waals surface area contributed by atoms with Crippen molar-refractivity contribution in [1.29, 1.82) is 0 Å². The first-order chi connectivity index (χ1) is 9.99. The number of rotatable bonds is 8. The van der Waals surface area contributed by atoms with Gasteiger partial charge in [-0.3, -0.25) is 4.40 Å². The molecule has 2 aromatic rings. The van der Waals surface area contributed by atoms with Gasteiger partial charge in [0.15, 0.2) is 15.8 Å². The SMILES string of the molecule is CCCCCC(C)NS(=O)(=O)c1c(NC)nc2sccn12. The van der Waals surface area contributed by atoms with Crippen LogP contribution in [0.5, 0.6) is 0 Å². The van der Waals surface area contributed by atoms with E-state index in [0.29, 0.717) is 10.8 Å². The average Bonchev–Trinajstić information content (AvgIpc) is 2.97. The monoisotopic (exact) mass is 330 g/mol. The number of nitrogens with zero attached hydrogens (tertiary/aromatic N) is 2. The van der Waals surface area contributed by atoms with Gasteiger partial charge < -0.3 is 5.32 Å². The van der Waals surface area contributed by atoms with Gasteiger partial charge >= 0.3 is 0 Å². The van der Waals surface area contributed by atoms with E-state index in [1.54, 1.807) is 17.6 Å². The lowest BCUT2D eigenvalue weighted by Gasteiger charge is -2.14. The van der Waals surface area contributed by atoms with E-state index in [9.17, 15) is 8.42 Å². The van der Waals surface area contributed by atoms with Crippen LogP contribution in [0.2, 0.25) is 0 Å². The first kappa shape index (κ1) is 16.3. The number of imidazole rings is 1. The van der Waals surface area contributed by atoms with Crippen LogP contribution in [0.3, 0.4) is 0 Å². The fourth-order valence-electron chi connectivity index (χ4n) is 2.26. The summed E-state index contributed by atoms with van der Waals surface area (Å²) in [5.41, 5.74) is 0. The van der Waals surface area contributed by atoms with E-state index in [1.165, 1.54) is 11.3 Å². The number of thiazole rings is 1. The Labute approximate surface area is 129 Å². The maximum absolute atomic E-state index is 12.6. The second kappa shape index (κ2) is 6.76. The molecule has 6 nitrogen and oxygen atoms in total. The van der Waals surface area contributed by atoms with Crippen LogP contribution in [0.1, 0.15) is 39.5 Å². The number of sulfonamides is 1. The van der Waals surface area contributed by atoms with Gasteiger partial charge in [-0.15, -0.1) is 11.3 Å². The summed E-state index contributed by atoms with van der Waals surface area (Å²) in [7, 11) is -1.92. The van der Waals surface area contributed by atoms with Crippen LogP contribution in [0.25, 0.3) is 4.96 Å². The molecule has 8 heteroatoms. The fourth-order valence-corrected chi connectivity index (χ4v) is 4.60. The predicted molar refractivity (Wildman–Crippen MR) is 86.5 cm³/mol. The zero-order valence-corrected chi connectivity index (χ0v) is 14.2. The van der Waals surface area contributed by atoms with Crippen LogP contribution in [0.4, 0.5) is 5.82 Å². The number of hydrogen-bond acceptors (Lipinski definition) is 5. The largest absolute Gasteiger partial charge is 0.371 e. The van der Waals surface area contributed by atoms with Crippen molar-refractivity contribution in [3.05, 3.63) is 11.6 Å². The van der Waals surface area contributed by atoms with Crippen molar-refractivity contribution in [2.45, 2.75) is 50.6 Å². The summed E-state index contributed by atoms with van der Waals surface area (Å²) in [6, 6.07) is -0.0876. The molecular formula is C13H22N4O2S2. The zero-order chi connectivity index (χ0) is 15.5. The van der Waals surface area contributed by atoms with Crippen LogP contribution in [0, 0.1) is 0 Å². The summed E-state index contributed by atoms with van der Waals surface area (Å²) in [6.45, 7) is 4.03. The third-order valence-electron chi connectivity index (χ3n) is 3.31. The lowest BCUT2D eigenvalue weighted by molar-refractivity contribution is 0.525. The summed E-state index contributed by atoms with van der Waals surface area (Å²) in [4.78, 5) is 4.96. The predicted octanol–water partition coefficient (Wildman–Crippen LogP) is 2.68. The average molecular weight is 330 g/mol. The first-order valence-corrected chi connectivity index (χ1v) is 9.51. The van der Waals surface area contributed by atoms with Crippen LogP contribution in [-0.2, 0) is 10.0 Å². The fraction of sp³-hybridized carbons (Fsp3) is 0.615. The van der Waals surface area contributed by atoms with Gasteiger partial charge in [-0.1, -0.05) is 26.2 Å². The molecule has 2 aromatic heterocycles. The van der Waals surface area contributed by atoms with Crippen molar-refractivity contribution < 1.29 is 8.42 Å². The Bertz CT molecular complexity index is 690. The molecule has 0 bridgehead atoms. The van der Waals surface area contributed by atoms with Gasteiger partial charge in [0.25, 0.3) is 10.0 Å². The number of aromatic nitrogens is 2. The van der Waals surface area contributed by atoms with E-state index >= 15 is 0 Å². The Balaban J connectivity index is 2.23. The molecule has 0 spiro atoms. The second-order valence-corrected chi connectivity index (χ2v) is 7.59. The van der Waals surface area contributed by atoms with E-state index in [0.717, 1.165) is 25.7 Å². The first-order valence-electron chi connectivity index (χ1n) is 7.15. The van der Waals surface area contributed by atoms with E-state index in [2.05, 4.69) is 21.9 Å². The molecule has 0 aliphatic carbocycles. The zero-order valence-electron chi connectivity index (χ0n) is 12.6. The number of hydrogen-bond donors (Lipinski definition) is 2. The van der Waals surface area contributed by atoms with Crippen LogP contribution in [-0.4, -0.2) is 30.9 Å². The summed E-state index contributed by atoms with van der Waals surface area (Å²) in [5.74, 6) is 0.384. The molecule has 1 atom stereocenters. The lowest BCUT2D eigenvalue weighted by atomic mass is 10.1. The smallest absolute Gasteiger partial charge is 0.260 e. The quantitative estimate of drug-likeness (QED) is 0.730. The summed E-state index contributed by atoms with van der Waals surface area (Å²) in [5, 5.41) is 4.87. The minimum absolute atomic E-state index is 0.0876. The topological polar surface area (TPSA) is 75.5 Å². The number of unbranched alkanes of at least 4 members (excludes halogenated alkanes) is 2. The standard InChI is InChI=1S/C13H22N4O2S2/c1-4-5-6-7-10(2)16-21(18,19)12-11(14-3)15-13-17(12)8-9-20-13/h8-10,14,16H,4-7H2,1-3H3. The third-order valence-corrected chi connectivity index (χ3v) is 5.68. The molecule has 21 heavy (non-hydrogen) atoms. The van der Waals surface area contributed by atoms with E-state index in [1.807, 2.05) is 12.3 Å². The molecule has 1 unspecified atom stereocenters. The van der Waals surface area contributed by atoms with E-state index in [4.69, 9.17) is 0 Å². The number of nitrogens with one attached hydrogen (secondary N) is 2. The van der Waals surface area contributed by atoms with Gasteiger partial charge in [0.1, 0.15) is 0 Å². The Morgan fingerprint density at radius 2 is 2.19 bits per heavy atom. The summed E-state index contributed by atoms with van der Waals surface area (Å²) in [6.07, 6.45) is 5.84. The molecule has 2 heterocycles. The Morgan fingerprint density at radius 3 is 2.86 bits per heavy atom. The van der Waals surface area contributed by atoms with Gasteiger partial charge in [-0.2, -0.15) is 0 Å². The molecule has 0 saturated heterocycles. The lowest BCUT2D eigenvalue weighted by Crippen LogP contribution is -2.33. The highest BCUT2D eigenvalue weighted by atomic mass is 32.2. The molecule has 0 aliphatic heterocycles. The van der Waals surface area contributed by atoms with Crippen molar-refractivity contribution in [2.24, 2.45) is 0 Å². The molecule has 2 rings (SSSR count). The van der Waals surface area contributed by atoms with Gasteiger partial charge in [0.05, 0.1) is 0 Å². The molecule has 0 saturated carbocycles. The maximum atomic E-state index is 12.6. The van der Waals surface area contributed by atoms with E-state index in [-0.39, 0.29) is 11.1 Å². The van der Waals surface area contributed by atoms with Crippen molar-refractivity contribution >= 4 is 32.1 Å². The van der Waals surface area contributed by atoms with Crippen molar-refractivity contribution in [2.75, 3.05) is 12.4 Å². The third kappa shape index (κ3) is 3.56. The Kier molecular flexibility index (Phi) is 5.23. The molecule has 0 radical (unpaired) electrons. The molecule has 0 fully saturated rings. The Hall–Kier alpha value is -1.12. The van der Waals surface area contributed by atoms with Crippen LogP contribution >= 0.6 is 11.3 Å². The van der Waals surface area contributed by atoms with E-state index < -0.39 is 10.0 Å². The van der Waals surface area contributed by atoms with Crippen molar-refractivity contribution in [1.82, 2.24) is 14.1 Å². The van der Waals surface area contributed by atoms with Crippen molar-refractivity contribution in [3.8, 4) is 0 Å². The van der Waals surface area contributed by atoms with Crippen LogP contribution < -0.4 is 10.0 Å². The minimum atomic E-state index is -3.60. The molecule has 0 amide bonds. The molecule has 0 aromatic carbocycles. The van der Waals surface area contributed by atoms with Gasteiger partial charge in [0.2, 0.25) is 0 Å². The highest BCUT2D eigenvalue weighted by Crippen LogP contribution is 2.25. The number of anilines is 1. The van der Waals surface area contributed by atoms with Gasteiger partial charge in [0, 0.05) is 24.7 Å². The van der Waals surface area contributed by atoms with Crippen molar-refractivity contribution in [3.63, 3.8) is 0 Å². The molecule has 0 aliphatic rings. The number of fused-ring (bicyclic) bond motifs is 1. The Morgan fingerprint density at radius 1 is 1.43 bits per heavy atom. The second-order valence-electron chi connectivity index (χ2n) is 5.09. The normalized spacial score (nSPS) is 13.7. The molecule has 118 valence electrons.